The summed E-state index contributed by atoms with van der Waals surface area (Å²) in [4.78, 5) is 22.1. The van der Waals surface area contributed by atoms with Crippen LogP contribution in [0.15, 0.2) is 36.7 Å². The Morgan fingerprint density at radius 3 is 2.76 bits per heavy atom. The standard InChI is InChI=1S/C23H33N5O/c1-2-27-15-11-24-22(27)21-10-3-4-14-28(21)23(29)25-17-19-8-7-9-20(16-19)18-26-12-5-6-13-26/h7-9,11,15-16,21H,2-6,10,12-14,17-18H2,1H3,(H,25,29). The Labute approximate surface area is 173 Å². The van der Waals surface area contributed by atoms with E-state index >= 15 is 0 Å². The van der Waals surface area contributed by atoms with Crippen LogP contribution in [-0.4, -0.2) is 45.0 Å². The zero-order chi connectivity index (χ0) is 20.1. The van der Waals surface area contributed by atoms with E-state index < -0.39 is 0 Å². The molecule has 2 aromatic rings. The molecule has 2 amide bonds. The average molecular weight is 396 g/mol. The molecule has 2 fully saturated rings. The highest BCUT2D eigenvalue weighted by Crippen LogP contribution is 2.30. The fourth-order valence-corrected chi connectivity index (χ4v) is 4.64. The first-order valence-corrected chi connectivity index (χ1v) is 11.1. The molecule has 29 heavy (non-hydrogen) atoms. The van der Waals surface area contributed by atoms with Gasteiger partial charge in [-0.3, -0.25) is 4.90 Å². The van der Waals surface area contributed by atoms with Gasteiger partial charge in [0, 0.05) is 38.6 Å². The molecule has 156 valence electrons. The van der Waals surface area contributed by atoms with Gasteiger partial charge in [-0.25, -0.2) is 9.78 Å². The lowest BCUT2D eigenvalue weighted by atomic mass is 10.0. The molecule has 6 heteroatoms. The van der Waals surface area contributed by atoms with E-state index in [0.29, 0.717) is 6.54 Å². The summed E-state index contributed by atoms with van der Waals surface area (Å²) in [5, 5.41) is 3.16. The number of nitrogens with one attached hydrogen (secondary N) is 1. The molecule has 6 nitrogen and oxygen atoms in total. The lowest BCUT2D eigenvalue weighted by Crippen LogP contribution is -2.45. The zero-order valence-electron chi connectivity index (χ0n) is 17.5. The number of nitrogens with zero attached hydrogens (tertiary/aromatic N) is 4. The van der Waals surface area contributed by atoms with E-state index in [2.05, 4.69) is 51.0 Å². The fraction of sp³-hybridized carbons (Fsp3) is 0.565. The van der Waals surface area contributed by atoms with Gasteiger partial charge in [-0.2, -0.15) is 0 Å². The van der Waals surface area contributed by atoms with Crippen LogP contribution in [0.4, 0.5) is 4.79 Å². The maximum absolute atomic E-state index is 13.0. The van der Waals surface area contributed by atoms with Crippen molar-refractivity contribution in [1.29, 1.82) is 0 Å². The van der Waals surface area contributed by atoms with E-state index in [1.165, 1.54) is 37.1 Å². The third kappa shape index (κ3) is 4.81. The number of carbonyl (C=O) groups excluding carboxylic acids is 1. The number of aryl methyl sites for hydroxylation is 1. The van der Waals surface area contributed by atoms with Crippen LogP contribution in [-0.2, 0) is 19.6 Å². The lowest BCUT2D eigenvalue weighted by molar-refractivity contribution is 0.145. The predicted molar refractivity (Wildman–Crippen MR) is 114 cm³/mol. The number of piperidine rings is 1. The lowest BCUT2D eigenvalue weighted by Gasteiger charge is -2.35. The second-order valence-electron chi connectivity index (χ2n) is 8.24. The largest absolute Gasteiger partial charge is 0.334 e. The molecule has 0 saturated carbocycles. The Balaban J connectivity index is 1.38. The van der Waals surface area contributed by atoms with Gasteiger partial charge in [0.1, 0.15) is 5.82 Å². The van der Waals surface area contributed by atoms with Crippen LogP contribution >= 0.6 is 0 Å². The van der Waals surface area contributed by atoms with Gasteiger partial charge in [0.2, 0.25) is 0 Å². The van der Waals surface area contributed by atoms with Crippen molar-refractivity contribution in [2.75, 3.05) is 19.6 Å². The summed E-state index contributed by atoms with van der Waals surface area (Å²) in [5.41, 5.74) is 2.50. The van der Waals surface area contributed by atoms with Crippen LogP contribution in [0.2, 0.25) is 0 Å². The van der Waals surface area contributed by atoms with Gasteiger partial charge in [-0.15, -0.1) is 0 Å². The van der Waals surface area contributed by atoms with E-state index in [1.54, 1.807) is 0 Å². The number of likely N-dealkylation sites (tertiary alicyclic amines) is 2. The predicted octanol–water partition coefficient (Wildman–Crippen LogP) is 3.94. The maximum Gasteiger partial charge on any atom is 0.318 e. The van der Waals surface area contributed by atoms with Gasteiger partial charge in [0.05, 0.1) is 6.04 Å². The molecule has 1 N–H and O–H groups in total. The molecule has 4 rings (SSSR count). The molecule has 0 spiro atoms. The Bertz CT molecular complexity index is 811. The van der Waals surface area contributed by atoms with Gasteiger partial charge in [-0.1, -0.05) is 24.3 Å². The second-order valence-corrected chi connectivity index (χ2v) is 8.24. The first-order chi connectivity index (χ1) is 14.2. The molecule has 0 aliphatic carbocycles. The highest BCUT2D eigenvalue weighted by molar-refractivity contribution is 5.74. The third-order valence-electron chi connectivity index (χ3n) is 6.19. The fourth-order valence-electron chi connectivity index (χ4n) is 4.64. The van der Waals surface area contributed by atoms with Crippen molar-refractivity contribution in [3.63, 3.8) is 0 Å². The molecule has 2 aliphatic rings. The Hall–Kier alpha value is -2.34. The van der Waals surface area contributed by atoms with Crippen molar-refractivity contribution in [2.45, 2.75) is 64.7 Å². The van der Waals surface area contributed by atoms with Crippen molar-refractivity contribution in [1.82, 2.24) is 24.7 Å². The SMILES string of the molecule is CCn1ccnc1C1CCCCN1C(=O)NCc1cccc(CN2CCCC2)c1. The number of hydrogen-bond acceptors (Lipinski definition) is 3. The quantitative estimate of drug-likeness (QED) is 0.806. The summed E-state index contributed by atoms with van der Waals surface area (Å²) in [7, 11) is 0. The minimum absolute atomic E-state index is 0.0188. The smallest absolute Gasteiger partial charge is 0.318 e. The Morgan fingerprint density at radius 1 is 1.14 bits per heavy atom. The van der Waals surface area contributed by atoms with Gasteiger partial charge >= 0.3 is 6.03 Å². The maximum atomic E-state index is 13.0. The highest BCUT2D eigenvalue weighted by atomic mass is 16.2. The summed E-state index contributed by atoms with van der Waals surface area (Å²) in [5.74, 6) is 1.01. The van der Waals surface area contributed by atoms with Crippen molar-refractivity contribution in [3.05, 3.63) is 53.6 Å². The van der Waals surface area contributed by atoms with Crippen LogP contribution in [0.25, 0.3) is 0 Å². The van der Waals surface area contributed by atoms with Crippen LogP contribution in [0.1, 0.15) is 62.0 Å². The summed E-state index contributed by atoms with van der Waals surface area (Å²) in [6, 6.07) is 8.72. The number of amides is 2. The summed E-state index contributed by atoms with van der Waals surface area (Å²) < 4.78 is 2.15. The molecule has 3 heterocycles. The van der Waals surface area contributed by atoms with E-state index in [0.717, 1.165) is 44.7 Å². The zero-order valence-corrected chi connectivity index (χ0v) is 17.5. The van der Waals surface area contributed by atoms with Crippen molar-refractivity contribution in [3.8, 4) is 0 Å². The molecule has 1 unspecified atom stereocenters. The van der Waals surface area contributed by atoms with E-state index in [-0.39, 0.29) is 12.1 Å². The number of carbonyl (C=O) groups is 1. The third-order valence-corrected chi connectivity index (χ3v) is 6.19. The van der Waals surface area contributed by atoms with Crippen LogP contribution in [0.5, 0.6) is 0 Å². The van der Waals surface area contributed by atoms with E-state index in [1.807, 2.05) is 17.3 Å². The minimum atomic E-state index is 0.0188. The number of urea groups is 1. The first kappa shape index (κ1) is 20.0. The van der Waals surface area contributed by atoms with E-state index in [4.69, 9.17) is 0 Å². The molecule has 1 atom stereocenters. The van der Waals surface area contributed by atoms with Crippen LogP contribution in [0, 0.1) is 0 Å². The summed E-state index contributed by atoms with van der Waals surface area (Å²) in [6.07, 6.45) is 9.65. The molecule has 1 aromatic heterocycles. The molecule has 0 radical (unpaired) electrons. The number of imidazole rings is 1. The van der Waals surface area contributed by atoms with Gasteiger partial charge < -0.3 is 14.8 Å². The van der Waals surface area contributed by atoms with Crippen molar-refractivity contribution >= 4 is 6.03 Å². The number of benzene rings is 1. The second kappa shape index (κ2) is 9.44. The summed E-state index contributed by atoms with van der Waals surface area (Å²) in [6.45, 7) is 7.77. The molecular weight excluding hydrogens is 362 g/mol. The van der Waals surface area contributed by atoms with Gasteiger partial charge in [0.15, 0.2) is 0 Å². The van der Waals surface area contributed by atoms with Crippen LogP contribution in [0.3, 0.4) is 0 Å². The van der Waals surface area contributed by atoms with Crippen molar-refractivity contribution < 1.29 is 4.79 Å². The monoisotopic (exact) mass is 395 g/mol. The number of aromatic nitrogens is 2. The highest BCUT2D eigenvalue weighted by Gasteiger charge is 2.30. The topological polar surface area (TPSA) is 53.4 Å². The average Bonchev–Trinajstić information content (AvgIpc) is 3.44. The molecule has 0 bridgehead atoms. The summed E-state index contributed by atoms with van der Waals surface area (Å²) >= 11 is 0. The Morgan fingerprint density at radius 2 is 1.93 bits per heavy atom. The molecule has 2 saturated heterocycles. The van der Waals surface area contributed by atoms with E-state index in [9.17, 15) is 4.79 Å². The molecule has 1 aromatic carbocycles. The number of rotatable bonds is 6. The molecule has 2 aliphatic heterocycles. The number of hydrogen-bond donors (Lipinski definition) is 1. The van der Waals surface area contributed by atoms with Gasteiger partial charge in [-0.05, 0) is 63.2 Å². The first-order valence-electron chi connectivity index (χ1n) is 11.1. The van der Waals surface area contributed by atoms with Crippen molar-refractivity contribution in [2.24, 2.45) is 0 Å². The normalized spacial score (nSPS) is 20.2. The minimum Gasteiger partial charge on any atom is -0.334 e. The van der Waals surface area contributed by atoms with Crippen LogP contribution < -0.4 is 5.32 Å². The Kier molecular flexibility index (Phi) is 6.49. The van der Waals surface area contributed by atoms with Gasteiger partial charge in [0.25, 0.3) is 0 Å². The molecular formula is C23H33N5O.